The first kappa shape index (κ1) is 11.6. The smallest absolute Gasteiger partial charge is 0.00719 e. The molecule has 1 nitrogen and oxygen atoms in total. The molecule has 2 N–H and O–H groups in total. The Morgan fingerprint density at radius 3 is 2.57 bits per heavy atom. The van der Waals surface area contributed by atoms with Crippen molar-refractivity contribution in [3.63, 3.8) is 0 Å². The van der Waals surface area contributed by atoms with Crippen molar-refractivity contribution in [2.24, 2.45) is 5.73 Å². The van der Waals surface area contributed by atoms with Gasteiger partial charge in [0.25, 0.3) is 0 Å². The standard InChI is InChI=1S/C12H19NS/c1-2-6-11(13)9-10-14-12-7-4-3-5-8-12/h3-5,7-8,11H,2,6,9-10,13H2,1H3. The van der Waals surface area contributed by atoms with E-state index in [9.17, 15) is 0 Å². The van der Waals surface area contributed by atoms with E-state index in [0.717, 1.165) is 18.6 Å². The van der Waals surface area contributed by atoms with Crippen LogP contribution in [0.15, 0.2) is 35.2 Å². The van der Waals surface area contributed by atoms with Gasteiger partial charge in [0, 0.05) is 10.9 Å². The van der Waals surface area contributed by atoms with E-state index in [1.807, 2.05) is 17.8 Å². The summed E-state index contributed by atoms with van der Waals surface area (Å²) < 4.78 is 0. The van der Waals surface area contributed by atoms with Gasteiger partial charge in [-0.05, 0) is 30.7 Å². The molecule has 0 radical (unpaired) electrons. The number of hydrogen-bond donors (Lipinski definition) is 1. The summed E-state index contributed by atoms with van der Waals surface area (Å²) in [6.07, 6.45) is 3.46. The van der Waals surface area contributed by atoms with E-state index in [-0.39, 0.29) is 0 Å². The van der Waals surface area contributed by atoms with Crippen molar-refractivity contribution >= 4 is 11.8 Å². The number of hydrogen-bond acceptors (Lipinski definition) is 2. The number of nitrogens with two attached hydrogens (primary N) is 1. The second-order valence-electron chi connectivity index (χ2n) is 3.50. The van der Waals surface area contributed by atoms with Crippen LogP contribution in [0.5, 0.6) is 0 Å². The molecule has 0 heterocycles. The molecule has 78 valence electrons. The first-order valence-corrected chi connectivity index (χ1v) is 6.25. The maximum atomic E-state index is 5.94. The van der Waals surface area contributed by atoms with Gasteiger partial charge in [-0.2, -0.15) is 0 Å². The molecule has 1 rings (SSSR count). The van der Waals surface area contributed by atoms with Gasteiger partial charge in [0.05, 0.1) is 0 Å². The maximum absolute atomic E-state index is 5.94. The molecule has 1 atom stereocenters. The highest BCUT2D eigenvalue weighted by molar-refractivity contribution is 7.99. The van der Waals surface area contributed by atoms with Crippen LogP contribution in [0.25, 0.3) is 0 Å². The molecule has 0 saturated heterocycles. The molecule has 1 aromatic rings. The predicted octanol–water partition coefficient (Wildman–Crippen LogP) is 3.30. The minimum absolute atomic E-state index is 0.385. The summed E-state index contributed by atoms with van der Waals surface area (Å²) >= 11 is 1.89. The highest BCUT2D eigenvalue weighted by atomic mass is 32.2. The Labute approximate surface area is 91.1 Å². The Kier molecular flexibility index (Phi) is 5.72. The van der Waals surface area contributed by atoms with Crippen molar-refractivity contribution in [3.05, 3.63) is 30.3 Å². The normalized spacial score (nSPS) is 12.7. The third-order valence-corrected chi connectivity index (χ3v) is 3.21. The molecule has 1 unspecified atom stereocenters. The zero-order chi connectivity index (χ0) is 10.2. The van der Waals surface area contributed by atoms with E-state index in [1.165, 1.54) is 11.3 Å². The van der Waals surface area contributed by atoms with Crippen molar-refractivity contribution < 1.29 is 0 Å². The van der Waals surface area contributed by atoms with Gasteiger partial charge in [0.2, 0.25) is 0 Å². The molecule has 2 heteroatoms. The van der Waals surface area contributed by atoms with Crippen molar-refractivity contribution in [3.8, 4) is 0 Å². The van der Waals surface area contributed by atoms with Crippen molar-refractivity contribution in [1.82, 2.24) is 0 Å². The average molecular weight is 209 g/mol. The minimum atomic E-state index is 0.385. The highest BCUT2D eigenvalue weighted by Crippen LogP contribution is 2.18. The number of rotatable bonds is 6. The zero-order valence-electron chi connectivity index (χ0n) is 8.78. The fourth-order valence-electron chi connectivity index (χ4n) is 1.36. The summed E-state index contributed by atoms with van der Waals surface area (Å²) in [7, 11) is 0. The van der Waals surface area contributed by atoms with Crippen molar-refractivity contribution in [2.45, 2.75) is 37.1 Å². The first-order valence-electron chi connectivity index (χ1n) is 5.26. The Morgan fingerprint density at radius 2 is 1.93 bits per heavy atom. The molecule has 0 aliphatic carbocycles. The Hall–Kier alpha value is -0.470. The van der Waals surface area contributed by atoms with Crippen molar-refractivity contribution in [1.29, 1.82) is 0 Å². The number of thioether (sulfide) groups is 1. The van der Waals surface area contributed by atoms with Crippen LogP contribution < -0.4 is 5.73 Å². The van der Waals surface area contributed by atoms with Crippen LogP contribution in [0, 0.1) is 0 Å². The van der Waals surface area contributed by atoms with Crippen LogP contribution in [-0.4, -0.2) is 11.8 Å². The van der Waals surface area contributed by atoms with Crippen LogP contribution in [0.2, 0.25) is 0 Å². The monoisotopic (exact) mass is 209 g/mol. The van der Waals surface area contributed by atoms with Gasteiger partial charge < -0.3 is 5.73 Å². The molecule has 0 saturated carbocycles. The minimum Gasteiger partial charge on any atom is -0.328 e. The SMILES string of the molecule is CCCC(N)CCSc1ccccc1. The van der Waals surface area contributed by atoms with Gasteiger partial charge in [-0.1, -0.05) is 31.5 Å². The fourth-order valence-corrected chi connectivity index (χ4v) is 2.37. The molecular weight excluding hydrogens is 190 g/mol. The van der Waals surface area contributed by atoms with Gasteiger partial charge in [-0.15, -0.1) is 11.8 Å². The van der Waals surface area contributed by atoms with E-state index >= 15 is 0 Å². The summed E-state index contributed by atoms with van der Waals surface area (Å²) in [5, 5.41) is 0. The Morgan fingerprint density at radius 1 is 1.21 bits per heavy atom. The highest BCUT2D eigenvalue weighted by Gasteiger charge is 2.00. The number of benzene rings is 1. The van der Waals surface area contributed by atoms with Crippen LogP contribution in [0.3, 0.4) is 0 Å². The molecule has 1 aromatic carbocycles. The lowest BCUT2D eigenvalue weighted by molar-refractivity contribution is 0.590. The topological polar surface area (TPSA) is 26.0 Å². The lowest BCUT2D eigenvalue weighted by Crippen LogP contribution is -2.19. The summed E-state index contributed by atoms with van der Waals surface area (Å²) in [5.41, 5.74) is 5.94. The Balaban J connectivity index is 2.16. The summed E-state index contributed by atoms with van der Waals surface area (Å²) in [6.45, 7) is 2.18. The summed E-state index contributed by atoms with van der Waals surface area (Å²) in [4.78, 5) is 1.34. The quantitative estimate of drug-likeness (QED) is 0.727. The van der Waals surface area contributed by atoms with E-state index in [0.29, 0.717) is 6.04 Å². The van der Waals surface area contributed by atoms with Gasteiger partial charge in [-0.3, -0.25) is 0 Å². The molecule has 0 amide bonds. The summed E-state index contributed by atoms with van der Waals surface area (Å²) in [6, 6.07) is 10.9. The predicted molar refractivity (Wildman–Crippen MR) is 64.7 cm³/mol. The van der Waals surface area contributed by atoms with Crippen LogP contribution in [0.1, 0.15) is 26.2 Å². The van der Waals surface area contributed by atoms with Crippen LogP contribution in [0.4, 0.5) is 0 Å². The molecule has 0 aliphatic rings. The molecular formula is C12H19NS. The van der Waals surface area contributed by atoms with Crippen LogP contribution >= 0.6 is 11.8 Å². The molecule has 0 bridgehead atoms. The Bertz CT molecular complexity index is 235. The van der Waals surface area contributed by atoms with E-state index in [4.69, 9.17) is 5.73 Å². The third kappa shape index (κ3) is 4.68. The summed E-state index contributed by atoms with van der Waals surface area (Å²) in [5.74, 6) is 1.13. The van der Waals surface area contributed by atoms with E-state index in [2.05, 4.69) is 31.2 Å². The third-order valence-electron chi connectivity index (χ3n) is 2.16. The fraction of sp³-hybridized carbons (Fsp3) is 0.500. The molecule has 14 heavy (non-hydrogen) atoms. The second kappa shape index (κ2) is 6.91. The van der Waals surface area contributed by atoms with Gasteiger partial charge >= 0.3 is 0 Å². The van der Waals surface area contributed by atoms with Gasteiger partial charge in [0.1, 0.15) is 0 Å². The maximum Gasteiger partial charge on any atom is 0.00719 e. The molecule has 0 fully saturated rings. The van der Waals surface area contributed by atoms with Gasteiger partial charge in [-0.25, -0.2) is 0 Å². The lowest BCUT2D eigenvalue weighted by Gasteiger charge is -2.09. The molecule has 0 aromatic heterocycles. The molecule has 0 aliphatic heterocycles. The van der Waals surface area contributed by atoms with Crippen molar-refractivity contribution in [2.75, 3.05) is 5.75 Å². The lowest BCUT2D eigenvalue weighted by atomic mass is 10.1. The van der Waals surface area contributed by atoms with E-state index in [1.54, 1.807) is 0 Å². The largest absolute Gasteiger partial charge is 0.328 e. The van der Waals surface area contributed by atoms with Gasteiger partial charge in [0.15, 0.2) is 0 Å². The average Bonchev–Trinajstić information content (AvgIpc) is 2.20. The molecule has 0 spiro atoms. The zero-order valence-corrected chi connectivity index (χ0v) is 9.59. The second-order valence-corrected chi connectivity index (χ2v) is 4.67. The first-order chi connectivity index (χ1) is 6.83. The van der Waals surface area contributed by atoms with E-state index < -0.39 is 0 Å². The van der Waals surface area contributed by atoms with Crippen LogP contribution in [-0.2, 0) is 0 Å².